The molecule has 0 radical (unpaired) electrons. The van der Waals surface area contributed by atoms with Gasteiger partial charge in [-0.3, -0.25) is 4.68 Å². The molecule has 138 valence electrons. The minimum Gasteiger partial charge on any atom is -0.335 e. The number of sulfonamides is 1. The first kappa shape index (κ1) is 17.2. The van der Waals surface area contributed by atoms with Crippen LogP contribution < -0.4 is 0 Å². The van der Waals surface area contributed by atoms with Crippen LogP contribution in [0.4, 0.5) is 0 Å². The molecule has 0 unspecified atom stereocenters. The lowest BCUT2D eigenvalue weighted by molar-refractivity contribution is 0.462. The van der Waals surface area contributed by atoms with Crippen molar-refractivity contribution in [2.24, 2.45) is 7.05 Å². The lowest BCUT2D eigenvalue weighted by atomic mass is 10.2. The molecular weight excluding hydrogens is 352 g/mol. The molecule has 0 amide bonds. The van der Waals surface area contributed by atoms with Gasteiger partial charge in [-0.2, -0.15) is 9.40 Å². The molecule has 0 spiro atoms. The molecule has 4 rings (SSSR count). The number of hydrogen-bond donors (Lipinski definition) is 0. The lowest BCUT2D eigenvalue weighted by Crippen LogP contribution is -2.26. The van der Waals surface area contributed by atoms with Crippen LogP contribution in [0.2, 0.25) is 0 Å². The van der Waals surface area contributed by atoms with E-state index in [2.05, 4.69) is 19.6 Å². The van der Waals surface area contributed by atoms with Crippen molar-refractivity contribution in [3.8, 4) is 0 Å². The zero-order valence-corrected chi connectivity index (χ0v) is 16.0. The summed E-state index contributed by atoms with van der Waals surface area (Å²) in [5.41, 5.74) is 2.21. The molecule has 26 heavy (non-hydrogen) atoms. The highest BCUT2D eigenvalue weighted by molar-refractivity contribution is 7.89. The van der Waals surface area contributed by atoms with E-state index in [9.17, 15) is 8.42 Å². The van der Waals surface area contributed by atoms with Crippen molar-refractivity contribution in [1.29, 1.82) is 0 Å². The zero-order valence-electron chi connectivity index (χ0n) is 15.2. The van der Waals surface area contributed by atoms with Gasteiger partial charge in [-0.1, -0.05) is 0 Å². The number of aromatic nitrogens is 5. The van der Waals surface area contributed by atoms with Gasteiger partial charge in [0.15, 0.2) is 5.65 Å². The lowest BCUT2D eigenvalue weighted by Gasteiger charge is -2.16. The van der Waals surface area contributed by atoms with Crippen molar-refractivity contribution in [2.75, 3.05) is 7.05 Å². The second-order valence-corrected chi connectivity index (χ2v) is 8.86. The molecule has 0 atom stereocenters. The molecule has 1 aliphatic heterocycles. The molecule has 3 aromatic rings. The molecular formula is C17H22N6O2S. The highest BCUT2D eigenvalue weighted by Gasteiger charge is 2.24. The molecule has 9 heteroatoms. The molecule has 8 nitrogen and oxygen atoms in total. The molecule has 0 bridgehead atoms. The summed E-state index contributed by atoms with van der Waals surface area (Å²) in [5, 5.41) is 5.05. The Bertz CT molecular complexity index is 1060. The average Bonchev–Trinajstić information content (AvgIpc) is 3.15. The molecule has 4 heterocycles. The van der Waals surface area contributed by atoms with Crippen molar-refractivity contribution in [2.45, 2.75) is 44.2 Å². The Morgan fingerprint density at radius 3 is 2.88 bits per heavy atom. The normalized spacial score (nSPS) is 14.9. The monoisotopic (exact) mass is 374 g/mol. The maximum Gasteiger partial charge on any atom is 0.244 e. The van der Waals surface area contributed by atoms with Crippen molar-refractivity contribution >= 4 is 21.1 Å². The fourth-order valence-corrected chi connectivity index (χ4v) is 4.59. The van der Waals surface area contributed by atoms with Gasteiger partial charge >= 0.3 is 0 Å². The standard InChI is InChI=1S/C17H22N6O2S/c1-12-15-8-14(9-18-17(15)22(3)20-12)26(24,25)21(2)10-13-11-23-7-5-4-6-16(23)19-13/h8-9,11H,4-7,10H2,1-3H3. The molecule has 0 saturated carbocycles. The fraction of sp³-hybridized carbons (Fsp3) is 0.471. The maximum atomic E-state index is 13.0. The second kappa shape index (κ2) is 6.17. The van der Waals surface area contributed by atoms with E-state index in [1.54, 1.807) is 24.8 Å². The van der Waals surface area contributed by atoms with Gasteiger partial charge in [-0.25, -0.2) is 18.4 Å². The smallest absolute Gasteiger partial charge is 0.244 e. The van der Waals surface area contributed by atoms with Crippen LogP contribution in [0.15, 0.2) is 23.4 Å². The first-order valence-electron chi connectivity index (χ1n) is 8.67. The van der Waals surface area contributed by atoms with Gasteiger partial charge < -0.3 is 4.57 Å². The minimum absolute atomic E-state index is 0.174. The predicted octanol–water partition coefficient (Wildman–Crippen LogP) is 1.63. The van der Waals surface area contributed by atoms with Crippen LogP contribution in [-0.4, -0.2) is 44.1 Å². The van der Waals surface area contributed by atoms with Gasteiger partial charge in [-0.15, -0.1) is 0 Å². The average molecular weight is 374 g/mol. The number of fused-ring (bicyclic) bond motifs is 2. The van der Waals surface area contributed by atoms with Crippen LogP contribution in [0.3, 0.4) is 0 Å². The summed E-state index contributed by atoms with van der Waals surface area (Å²) in [6.07, 6.45) is 6.60. The number of pyridine rings is 1. The van der Waals surface area contributed by atoms with Crippen molar-refractivity contribution < 1.29 is 8.42 Å². The van der Waals surface area contributed by atoms with Crippen LogP contribution in [0.1, 0.15) is 30.1 Å². The number of nitrogens with zero attached hydrogens (tertiary/aromatic N) is 6. The Morgan fingerprint density at radius 2 is 2.12 bits per heavy atom. The van der Waals surface area contributed by atoms with E-state index in [0.29, 0.717) is 5.65 Å². The molecule has 0 aromatic carbocycles. The first-order valence-corrected chi connectivity index (χ1v) is 10.1. The van der Waals surface area contributed by atoms with Gasteiger partial charge in [0.25, 0.3) is 0 Å². The Hall–Kier alpha value is -2.26. The van der Waals surface area contributed by atoms with Crippen molar-refractivity contribution in [3.05, 3.63) is 35.7 Å². The molecule has 1 aliphatic rings. The molecule has 0 N–H and O–H groups in total. The van der Waals surface area contributed by atoms with Crippen LogP contribution in [0.25, 0.3) is 11.0 Å². The molecule has 0 aliphatic carbocycles. The third kappa shape index (κ3) is 2.80. The van der Waals surface area contributed by atoms with Gasteiger partial charge in [0.05, 0.1) is 17.9 Å². The molecule has 0 fully saturated rings. The maximum absolute atomic E-state index is 13.0. The van der Waals surface area contributed by atoms with E-state index < -0.39 is 10.0 Å². The summed E-state index contributed by atoms with van der Waals surface area (Å²) < 4.78 is 31.0. The third-order valence-electron chi connectivity index (χ3n) is 4.89. The summed E-state index contributed by atoms with van der Waals surface area (Å²) in [6, 6.07) is 1.65. The van der Waals surface area contributed by atoms with Crippen LogP contribution in [0.5, 0.6) is 0 Å². The quantitative estimate of drug-likeness (QED) is 0.693. The summed E-state index contributed by atoms with van der Waals surface area (Å²) in [6.45, 7) is 3.05. The summed E-state index contributed by atoms with van der Waals surface area (Å²) in [4.78, 5) is 9.05. The van der Waals surface area contributed by atoms with Gasteiger partial charge in [-0.05, 0) is 25.8 Å². The van der Waals surface area contributed by atoms with Crippen molar-refractivity contribution in [1.82, 2.24) is 28.6 Å². The number of rotatable bonds is 4. The van der Waals surface area contributed by atoms with E-state index >= 15 is 0 Å². The van der Waals surface area contributed by atoms with Gasteiger partial charge in [0.2, 0.25) is 10.0 Å². The number of hydrogen-bond acceptors (Lipinski definition) is 5. The van der Waals surface area contributed by atoms with E-state index in [1.807, 2.05) is 13.1 Å². The SMILES string of the molecule is Cc1nn(C)c2ncc(S(=O)(=O)N(C)Cc3cn4c(n3)CCCC4)cc12. The van der Waals surface area contributed by atoms with Crippen molar-refractivity contribution in [3.63, 3.8) is 0 Å². The molecule has 0 saturated heterocycles. The Morgan fingerprint density at radius 1 is 1.31 bits per heavy atom. The minimum atomic E-state index is -3.65. The zero-order chi connectivity index (χ0) is 18.5. The van der Waals surface area contributed by atoms with Crippen LogP contribution >= 0.6 is 0 Å². The van der Waals surface area contributed by atoms with Gasteiger partial charge in [0.1, 0.15) is 10.7 Å². The second-order valence-electron chi connectivity index (χ2n) is 6.81. The van der Waals surface area contributed by atoms with E-state index in [1.165, 1.54) is 10.5 Å². The molecule has 3 aromatic heterocycles. The Balaban J connectivity index is 1.63. The van der Waals surface area contributed by atoms with Gasteiger partial charge in [0, 0.05) is 44.8 Å². The summed E-state index contributed by atoms with van der Waals surface area (Å²) >= 11 is 0. The predicted molar refractivity (Wildman–Crippen MR) is 97.1 cm³/mol. The summed E-state index contributed by atoms with van der Waals surface area (Å²) in [7, 11) is -0.281. The Kier molecular flexibility index (Phi) is 4.07. The van der Waals surface area contributed by atoms with Crippen LogP contribution in [0, 0.1) is 6.92 Å². The first-order chi connectivity index (χ1) is 12.4. The largest absolute Gasteiger partial charge is 0.335 e. The number of imidazole rings is 1. The summed E-state index contributed by atoms with van der Waals surface area (Å²) in [5.74, 6) is 1.05. The number of aryl methyl sites for hydroxylation is 4. The highest BCUT2D eigenvalue weighted by atomic mass is 32.2. The van der Waals surface area contributed by atoms with Crippen LogP contribution in [-0.2, 0) is 36.6 Å². The Labute approximate surface area is 152 Å². The topological polar surface area (TPSA) is 85.9 Å². The highest BCUT2D eigenvalue weighted by Crippen LogP contribution is 2.23. The van der Waals surface area contributed by atoms with E-state index in [-0.39, 0.29) is 11.4 Å². The van der Waals surface area contributed by atoms with E-state index in [0.717, 1.165) is 48.4 Å². The fourth-order valence-electron chi connectivity index (χ4n) is 3.47. The third-order valence-corrected chi connectivity index (χ3v) is 6.66. The van der Waals surface area contributed by atoms with E-state index in [4.69, 9.17) is 0 Å².